The maximum absolute atomic E-state index is 12.6. The summed E-state index contributed by atoms with van der Waals surface area (Å²) < 4.78 is 5.27. The Balaban J connectivity index is 2.21. The van der Waals surface area contributed by atoms with Crippen LogP contribution in [0, 0.1) is 16.7 Å². The van der Waals surface area contributed by atoms with E-state index in [0.717, 1.165) is 19.4 Å². The van der Waals surface area contributed by atoms with Gasteiger partial charge in [0.05, 0.1) is 6.07 Å². The van der Waals surface area contributed by atoms with Gasteiger partial charge in [-0.25, -0.2) is 0 Å². The van der Waals surface area contributed by atoms with Crippen LogP contribution in [0.4, 0.5) is 0 Å². The van der Waals surface area contributed by atoms with E-state index in [0.29, 0.717) is 26.1 Å². The molecule has 2 rings (SSSR count). The molecule has 2 saturated heterocycles. The van der Waals surface area contributed by atoms with Crippen molar-refractivity contribution >= 4 is 5.91 Å². The summed E-state index contributed by atoms with van der Waals surface area (Å²) in [6.07, 6.45) is 3.14. The lowest BCUT2D eigenvalue weighted by molar-refractivity contribution is -0.146. The van der Waals surface area contributed by atoms with E-state index in [4.69, 9.17) is 4.74 Å². The Morgan fingerprint density at radius 1 is 1.29 bits per heavy atom. The second-order valence-electron chi connectivity index (χ2n) is 5.68. The number of ether oxygens (including phenoxy) is 1. The molecule has 0 saturated carbocycles. The first-order chi connectivity index (χ1) is 8.02. The zero-order valence-corrected chi connectivity index (χ0v) is 10.7. The van der Waals surface area contributed by atoms with Crippen LogP contribution in [0.5, 0.6) is 0 Å². The fraction of sp³-hybridized carbons (Fsp3) is 0.846. The molecule has 0 aromatic carbocycles. The molecule has 0 aromatic heterocycles. The Bertz CT molecular complexity index is 351. The monoisotopic (exact) mass is 236 g/mol. The second-order valence-corrected chi connectivity index (χ2v) is 5.68. The van der Waals surface area contributed by atoms with Crippen LogP contribution in [0.1, 0.15) is 39.5 Å². The Kier molecular flexibility index (Phi) is 3.13. The summed E-state index contributed by atoms with van der Waals surface area (Å²) in [5.41, 5.74) is -0.931. The number of carbonyl (C=O) groups is 1. The van der Waals surface area contributed by atoms with Gasteiger partial charge in [-0.2, -0.15) is 5.26 Å². The third-order valence-corrected chi connectivity index (χ3v) is 4.12. The summed E-state index contributed by atoms with van der Waals surface area (Å²) in [4.78, 5) is 14.5. The van der Waals surface area contributed by atoms with Crippen molar-refractivity contribution in [2.24, 2.45) is 5.41 Å². The Morgan fingerprint density at radius 2 is 1.94 bits per heavy atom. The molecule has 2 fully saturated rings. The number of rotatable bonds is 1. The van der Waals surface area contributed by atoms with Gasteiger partial charge in [0.15, 0.2) is 0 Å². The van der Waals surface area contributed by atoms with Crippen molar-refractivity contribution in [3.63, 3.8) is 0 Å². The van der Waals surface area contributed by atoms with Crippen LogP contribution in [-0.2, 0) is 9.53 Å². The number of hydrogen-bond donors (Lipinski definition) is 0. The van der Waals surface area contributed by atoms with Gasteiger partial charge < -0.3 is 9.64 Å². The Labute approximate surface area is 103 Å². The van der Waals surface area contributed by atoms with Crippen LogP contribution in [-0.4, -0.2) is 36.1 Å². The van der Waals surface area contributed by atoms with Crippen LogP contribution in [0.3, 0.4) is 0 Å². The third-order valence-electron chi connectivity index (χ3n) is 4.12. The van der Waals surface area contributed by atoms with Gasteiger partial charge in [0, 0.05) is 25.3 Å². The molecule has 2 heterocycles. The summed E-state index contributed by atoms with van der Waals surface area (Å²) in [6, 6.07) is 2.26. The number of carbonyl (C=O) groups excluding carboxylic acids is 1. The minimum Gasteiger partial charge on any atom is -0.381 e. The lowest BCUT2D eigenvalue weighted by Crippen LogP contribution is -2.51. The molecule has 4 nitrogen and oxygen atoms in total. The van der Waals surface area contributed by atoms with Crippen molar-refractivity contribution in [2.45, 2.75) is 45.1 Å². The average molecular weight is 236 g/mol. The SMILES string of the molecule is CC1(C)CCCN1C(=O)C1(C#N)CCOCC1. The summed E-state index contributed by atoms with van der Waals surface area (Å²) in [7, 11) is 0. The molecule has 94 valence electrons. The molecular weight excluding hydrogens is 216 g/mol. The van der Waals surface area contributed by atoms with Gasteiger partial charge >= 0.3 is 0 Å². The highest BCUT2D eigenvalue weighted by Gasteiger charge is 2.47. The van der Waals surface area contributed by atoms with Crippen molar-refractivity contribution in [1.82, 2.24) is 4.90 Å². The number of nitrogens with zero attached hydrogens (tertiary/aromatic N) is 2. The number of hydrogen-bond acceptors (Lipinski definition) is 3. The quantitative estimate of drug-likeness (QED) is 0.696. The Hall–Kier alpha value is -1.08. The molecule has 0 atom stereocenters. The van der Waals surface area contributed by atoms with E-state index in [1.54, 1.807) is 0 Å². The van der Waals surface area contributed by atoms with Crippen LogP contribution in [0.15, 0.2) is 0 Å². The zero-order chi connectivity index (χ0) is 12.5. The molecule has 2 aliphatic heterocycles. The van der Waals surface area contributed by atoms with Crippen LogP contribution in [0.25, 0.3) is 0 Å². The summed E-state index contributed by atoms with van der Waals surface area (Å²) >= 11 is 0. The predicted octanol–water partition coefficient (Wildman–Crippen LogP) is 1.71. The van der Waals surface area contributed by atoms with Gasteiger partial charge in [0.1, 0.15) is 5.41 Å². The highest BCUT2D eigenvalue weighted by molar-refractivity contribution is 5.86. The second kappa shape index (κ2) is 4.30. The van der Waals surface area contributed by atoms with E-state index in [9.17, 15) is 10.1 Å². The van der Waals surface area contributed by atoms with Crippen molar-refractivity contribution in [1.29, 1.82) is 5.26 Å². The normalized spacial score (nSPS) is 26.5. The first-order valence-corrected chi connectivity index (χ1v) is 6.33. The van der Waals surface area contributed by atoms with Crippen molar-refractivity contribution < 1.29 is 9.53 Å². The molecule has 0 radical (unpaired) electrons. The minimum absolute atomic E-state index is 0.0193. The smallest absolute Gasteiger partial charge is 0.243 e. The summed E-state index contributed by atoms with van der Waals surface area (Å²) in [5, 5.41) is 9.39. The van der Waals surface area contributed by atoms with Gasteiger partial charge in [0.2, 0.25) is 5.91 Å². The molecule has 0 bridgehead atoms. The maximum Gasteiger partial charge on any atom is 0.243 e. The molecule has 0 aromatic rings. The predicted molar refractivity (Wildman–Crippen MR) is 63.1 cm³/mol. The molecule has 2 aliphatic rings. The molecule has 4 heteroatoms. The van der Waals surface area contributed by atoms with E-state index in [2.05, 4.69) is 19.9 Å². The fourth-order valence-electron chi connectivity index (χ4n) is 2.84. The number of nitriles is 1. The summed E-state index contributed by atoms with van der Waals surface area (Å²) in [5.74, 6) is 0.0193. The van der Waals surface area contributed by atoms with E-state index in [-0.39, 0.29) is 11.4 Å². The van der Waals surface area contributed by atoms with E-state index in [1.165, 1.54) is 0 Å². The van der Waals surface area contributed by atoms with Gasteiger partial charge in [-0.1, -0.05) is 0 Å². The number of likely N-dealkylation sites (tertiary alicyclic amines) is 1. The molecule has 0 aliphatic carbocycles. The molecule has 0 N–H and O–H groups in total. The third kappa shape index (κ3) is 2.04. The van der Waals surface area contributed by atoms with Gasteiger partial charge in [-0.15, -0.1) is 0 Å². The van der Waals surface area contributed by atoms with Crippen molar-refractivity contribution in [3.05, 3.63) is 0 Å². The fourth-order valence-corrected chi connectivity index (χ4v) is 2.84. The zero-order valence-electron chi connectivity index (χ0n) is 10.7. The van der Waals surface area contributed by atoms with E-state index < -0.39 is 5.41 Å². The first-order valence-electron chi connectivity index (χ1n) is 6.33. The van der Waals surface area contributed by atoms with Crippen LogP contribution >= 0.6 is 0 Å². The number of amides is 1. The molecule has 1 amide bonds. The van der Waals surface area contributed by atoms with Crippen molar-refractivity contribution in [3.8, 4) is 6.07 Å². The topological polar surface area (TPSA) is 53.3 Å². The average Bonchev–Trinajstić information content (AvgIpc) is 2.69. The molecule has 0 spiro atoms. The van der Waals surface area contributed by atoms with E-state index >= 15 is 0 Å². The highest BCUT2D eigenvalue weighted by atomic mass is 16.5. The highest BCUT2D eigenvalue weighted by Crippen LogP contribution is 2.37. The van der Waals surface area contributed by atoms with E-state index in [1.807, 2.05) is 4.90 Å². The van der Waals surface area contributed by atoms with Crippen LogP contribution in [0.2, 0.25) is 0 Å². The lowest BCUT2D eigenvalue weighted by atomic mass is 9.79. The molecular formula is C13H20N2O2. The van der Waals surface area contributed by atoms with Crippen LogP contribution < -0.4 is 0 Å². The van der Waals surface area contributed by atoms with Gasteiger partial charge in [-0.05, 0) is 39.5 Å². The van der Waals surface area contributed by atoms with Gasteiger partial charge in [0.25, 0.3) is 0 Å². The first kappa shape index (κ1) is 12.4. The Morgan fingerprint density at radius 3 is 2.41 bits per heavy atom. The van der Waals surface area contributed by atoms with Crippen molar-refractivity contribution in [2.75, 3.05) is 19.8 Å². The van der Waals surface area contributed by atoms with Gasteiger partial charge in [-0.3, -0.25) is 4.79 Å². The molecule has 0 unspecified atom stereocenters. The maximum atomic E-state index is 12.6. The minimum atomic E-state index is -0.833. The summed E-state index contributed by atoms with van der Waals surface area (Å²) in [6.45, 7) is 6.00. The lowest BCUT2D eigenvalue weighted by Gasteiger charge is -2.39. The largest absolute Gasteiger partial charge is 0.381 e. The molecule has 17 heavy (non-hydrogen) atoms. The standard InChI is InChI=1S/C13H20N2O2/c1-12(2)4-3-7-15(12)11(16)13(10-14)5-8-17-9-6-13/h3-9H2,1-2H3.